The predicted molar refractivity (Wildman–Crippen MR) is 147 cm³/mol. The lowest BCUT2D eigenvalue weighted by Gasteiger charge is -2.68. The minimum absolute atomic E-state index is 0.000896. The number of aromatic nitrogens is 3. The number of anilines is 1. The number of carbonyl (C=O) groups is 2. The Labute approximate surface area is 237 Å². The van der Waals surface area contributed by atoms with Crippen molar-refractivity contribution >= 4 is 23.4 Å². The Hall–Kier alpha value is -4.07. The largest absolute Gasteiger partial charge is 0.444 e. The van der Waals surface area contributed by atoms with Gasteiger partial charge in [-0.2, -0.15) is 5.10 Å². The van der Waals surface area contributed by atoms with E-state index in [2.05, 4.69) is 27.3 Å². The summed E-state index contributed by atoms with van der Waals surface area (Å²) in [4.78, 5) is 28.7. The quantitative estimate of drug-likeness (QED) is 0.293. The molecular formula is C30H33F2N5O4. The number of carbonyl (C=O) groups excluding carboxylic acids is 2. The van der Waals surface area contributed by atoms with Crippen molar-refractivity contribution in [2.45, 2.75) is 90.7 Å². The maximum Gasteiger partial charge on any atom is 0.412 e. The summed E-state index contributed by atoms with van der Waals surface area (Å²) in [6, 6.07) is 3.57. The second kappa shape index (κ2) is 9.79. The first kappa shape index (κ1) is 28.5. The number of nitrogens with one attached hydrogen (secondary N) is 1. The van der Waals surface area contributed by atoms with Crippen LogP contribution in [-0.2, 0) is 27.8 Å². The highest BCUT2D eigenvalue weighted by atomic mass is 19.1. The van der Waals surface area contributed by atoms with E-state index in [9.17, 15) is 9.59 Å². The van der Waals surface area contributed by atoms with Gasteiger partial charge in [-0.1, -0.05) is 12.1 Å². The number of hydrogen-bond donors (Lipinski definition) is 1. The van der Waals surface area contributed by atoms with Gasteiger partial charge in [0.1, 0.15) is 40.3 Å². The summed E-state index contributed by atoms with van der Waals surface area (Å²) in [5.41, 5.74) is 0.0441. The van der Waals surface area contributed by atoms with Crippen molar-refractivity contribution in [2.24, 2.45) is 5.41 Å². The molecule has 9 nitrogen and oxygen atoms in total. The molecule has 2 heterocycles. The zero-order valence-corrected chi connectivity index (χ0v) is 24.0. The van der Waals surface area contributed by atoms with Gasteiger partial charge in [-0.25, -0.2) is 18.4 Å². The third-order valence-electron chi connectivity index (χ3n) is 7.66. The van der Waals surface area contributed by atoms with Crippen LogP contribution in [0.5, 0.6) is 0 Å². The van der Waals surface area contributed by atoms with Gasteiger partial charge in [-0.05, 0) is 77.0 Å². The molecule has 2 aromatic heterocycles. The Kier molecular flexibility index (Phi) is 6.79. The Bertz CT molecular complexity index is 1550. The molecule has 0 atom stereocenters. The summed E-state index contributed by atoms with van der Waals surface area (Å²) < 4.78 is 42.5. The summed E-state index contributed by atoms with van der Waals surface area (Å²) in [7, 11) is 0. The van der Waals surface area contributed by atoms with E-state index >= 15 is 8.78 Å². The van der Waals surface area contributed by atoms with E-state index in [0.717, 1.165) is 37.1 Å². The summed E-state index contributed by atoms with van der Waals surface area (Å²) >= 11 is 0. The molecule has 1 aromatic carbocycles. The molecule has 41 heavy (non-hydrogen) atoms. The fourth-order valence-electron chi connectivity index (χ4n) is 6.19. The molecule has 6 rings (SSSR count). The molecular weight excluding hydrogens is 532 g/mol. The molecule has 0 radical (unpaired) electrons. The lowest BCUT2D eigenvalue weighted by molar-refractivity contribution is -0.129. The number of benzene rings is 1. The fourth-order valence-corrected chi connectivity index (χ4v) is 6.19. The summed E-state index contributed by atoms with van der Waals surface area (Å²) in [6.45, 7) is 18.6. The lowest BCUT2D eigenvalue weighted by Crippen LogP contribution is -2.63. The molecule has 216 valence electrons. The van der Waals surface area contributed by atoms with Crippen LogP contribution >= 0.6 is 0 Å². The molecule has 3 aliphatic carbocycles. The molecule has 3 aromatic rings. The first-order chi connectivity index (χ1) is 19.1. The lowest BCUT2D eigenvalue weighted by atomic mass is 9.35. The van der Waals surface area contributed by atoms with Gasteiger partial charge in [0.2, 0.25) is 0 Å². The van der Waals surface area contributed by atoms with Gasteiger partial charge in [-0.3, -0.25) is 14.8 Å². The summed E-state index contributed by atoms with van der Waals surface area (Å²) in [6.07, 6.45) is 1.79. The molecule has 0 aliphatic heterocycles. The maximum atomic E-state index is 15.2. The van der Waals surface area contributed by atoms with E-state index in [0.29, 0.717) is 11.2 Å². The Balaban J connectivity index is 1.35. The standard InChI is InChI=1S/C30H33F2N5O4/c1-16(2)37-26(34-27(39)40-28(3,4)5)25(33-7)24(35-37)17-8-21(31)20(22(32)9-17)11-18(38)10-19-12-23(36-41-19)30-13-29(6,14-30)15-30/h8-9,12,16H,10-11,13-15H2,1-6H3,(H,34,39). The van der Waals surface area contributed by atoms with Gasteiger partial charge >= 0.3 is 6.09 Å². The number of ether oxygens (including phenoxy) is 1. The van der Waals surface area contributed by atoms with Crippen molar-refractivity contribution in [2.75, 3.05) is 5.32 Å². The molecule has 3 saturated carbocycles. The second-order valence-electron chi connectivity index (χ2n) is 12.9. The number of nitrogens with zero attached hydrogens (tertiary/aromatic N) is 4. The molecule has 2 bridgehead atoms. The Morgan fingerprint density at radius 2 is 1.80 bits per heavy atom. The van der Waals surface area contributed by atoms with Gasteiger partial charge in [-0.15, -0.1) is 0 Å². The maximum absolute atomic E-state index is 15.2. The van der Waals surface area contributed by atoms with Gasteiger partial charge < -0.3 is 9.26 Å². The Morgan fingerprint density at radius 3 is 2.34 bits per heavy atom. The zero-order valence-electron chi connectivity index (χ0n) is 24.0. The number of rotatable bonds is 8. The van der Waals surface area contributed by atoms with Gasteiger partial charge in [0.15, 0.2) is 0 Å². The molecule has 1 N–H and O–H groups in total. The smallest absolute Gasteiger partial charge is 0.412 e. The highest BCUT2D eigenvalue weighted by molar-refractivity contribution is 5.93. The van der Waals surface area contributed by atoms with Crippen molar-refractivity contribution in [3.05, 3.63) is 58.3 Å². The topological polar surface area (TPSA) is 104 Å². The molecule has 0 saturated heterocycles. The average Bonchev–Trinajstić information content (AvgIpc) is 3.41. The molecule has 3 aliphatic rings. The van der Waals surface area contributed by atoms with E-state index < -0.39 is 35.5 Å². The monoisotopic (exact) mass is 565 g/mol. The van der Waals surface area contributed by atoms with Crippen LogP contribution < -0.4 is 5.32 Å². The summed E-state index contributed by atoms with van der Waals surface area (Å²) in [5.74, 6) is -1.87. The highest BCUT2D eigenvalue weighted by Crippen LogP contribution is 2.73. The predicted octanol–water partition coefficient (Wildman–Crippen LogP) is 7.09. The SMILES string of the molecule is [C-]#[N+]c1c(-c2cc(F)c(CC(=O)Cc3cc(C45CC(C)(C4)C5)no3)c(F)c2)nn(C(C)C)c1NC(=O)OC(C)(C)C. The van der Waals surface area contributed by atoms with Crippen molar-refractivity contribution in [3.63, 3.8) is 0 Å². The third kappa shape index (κ3) is 5.35. The van der Waals surface area contributed by atoms with Gasteiger partial charge in [0.05, 0.1) is 18.7 Å². The fraction of sp³-hybridized carbons (Fsp3) is 0.500. The highest BCUT2D eigenvalue weighted by Gasteiger charge is 2.66. The Morgan fingerprint density at radius 1 is 1.17 bits per heavy atom. The van der Waals surface area contributed by atoms with E-state index in [-0.39, 0.29) is 46.2 Å². The van der Waals surface area contributed by atoms with Crippen molar-refractivity contribution in [3.8, 4) is 11.3 Å². The van der Waals surface area contributed by atoms with Crippen LogP contribution in [0.1, 0.15) is 83.9 Å². The molecule has 3 fully saturated rings. The number of Topliss-reactive ketones (excluding diaryl/α,β-unsaturated/α-hetero) is 1. The van der Waals surface area contributed by atoms with E-state index in [1.807, 2.05) is 0 Å². The molecule has 1 amide bonds. The van der Waals surface area contributed by atoms with E-state index in [4.69, 9.17) is 15.8 Å². The number of halogens is 2. The minimum Gasteiger partial charge on any atom is -0.444 e. The van der Waals surface area contributed by atoms with Crippen LogP contribution in [0.25, 0.3) is 16.1 Å². The average molecular weight is 566 g/mol. The normalized spacial score (nSPS) is 21.2. The van der Waals surface area contributed by atoms with Crippen molar-refractivity contribution in [1.82, 2.24) is 14.9 Å². The van der Waals surface area contributed by atoms with Crippen LogP contribution in [0, 0.1) is 23.6 Å². The van der Waals surface area contributed by atoms with Crippen LogP contribution in [0.2, 0.25) is 0 Å². The first-order valence-electron chi connectivity index (χ1n) is 13.6. The zero-order chi connectivity index (χ0) is 29.9. The third-order valence-corrected chi connectivity index (χ3v) is 7.66. The first-order valence-corrected chi connectivity index (χ1v) is 13.6. The van der Waals surface area contributed by atoms with E-state index in [1.54, 1.807) is 40.7 Å². The van der Waals surface area contributed by atoms with Crippen molar-refractivity contribution in [1.29, 1.82) is 0 Å². The number of amides is 1. The second-order valence-corrected chi connectivity index (χ2v) is 12.9. The van der Waals surface area contributed by atoms with Crippen LogP contribution in [0.4, 0.5) is 25.1 Å². The molecule has 0 spiro atoms. The van der Waals surface area contributed by atoms with Crippen molar-refractivity contribution < 1.29 is 27.6 Å². The van der Waals surface area contributed by atoms with Crippen LogP contribution in [0.15, 0.2) is 22.7 Å². The van der Waals surface area contributed by atoms with Gasteiger partial charge in [0, 0.05) is 29.5 Å². The van der Waals surface area contributed by atoms with Crippen LogP contribution in [0.3, 0.4) is 0 Å². The molecule has 0 unspecified atom stereocenters. The summed E-state index contributed by atoms with van der Waals surface area (Å²) in [5, 5.41) is 11.1. The number of ketones is 1. The van der Waals surface area contributed by atoms with Gasteiger partial charge in [0.25, 0.3) is 5.69 Å². The number of hydrogen-bond acceptors (Lipinski definition) is 6. The van der Waals surface area contributed by atoms with E-state index in [1.165, 1.54) is 4.68 Å². The minimum atomic E-state index is -0.939. The van der Waals surface area contributed by atoms with Crippen LogP contribution in [-0.4, -0.2) is 32.4 Å². The molecule has 11 heteroatoms.